The molecule has 0 fully saturated rings. The summed E-state index contributed by atoms with van der Waals surface area (Å²) in [6.45, 7) is 2.00. The van der Waals surface area contributed by atoms with Crippen LogP contribution in [0.4, 0.5) is 0 Å². The molecule has 0 aliphatic rings. The summed E-state index contributed by atoms with van der Waals surface area (Å²) in [5, 5.41) is 3.73. The molecule has 4 nitrogen and oxygen atoms in total. The van der Waals surface area contributed by atoms with E-state index in [0.717, 1.165) is 22.3 Å². The smallest absolute Gasteiger partial charge is 0.139 e. The minimum Gasteiger partial charge on any atom is -0.497 e. The average Bonchev–Trinajstić information content (AvgIpc) is 2.61. The van der Waals surface area contributed by atoms with E-state index in [2.05, 4.69) is 5.18 Å². The zero-order chi connectivity index (χ0) is 10.8. The summed E-state index contributed by atoms with van der Waals surface area (Å²) in [5.41, 5.74) is 1.77. The Bertz CT molecular complexity index is 502. The van der Waals surface area contributed by atoms with Crippen LogP contribution in [-0.4, -0.2) is 7.11 Å². The van der Waals surface area contributed by atoms with Crippen molar-refractivity contribution in [2.75, 3.05) is 7.11 Å². The van der Waals surface area contributed by atoms with Crippen molar-refractivity contribution in [3.8, 4) is 5.75 Å². The molecule has 1 aromatic heterocycles. The lowest BCUT2D eigenvalue weighted by molar-refractivity contribution is 0.415. The van der Waals surface area contributed by atoms with Crippen molar-refractivity contribution in [3.05, 3.63) is 34.4 Å². The molecule has 4 heteroatoms. The standard InChI is InChI=1S/C11H11NO3/c1-7-3-9(14-2)4-8-5-10(6-12-13)15-11(7)8/h3-5H,6H2,1-2H3. The summed E-state index contributed by atoms with van der Waals surface area (Å²) in [6, 6.07) is 5.58. The molecule has 2 rings (SSSR count). The van der Waals surface area contributed by atoms with Crippen molar-refractivity contribution in [2.45, 2.75) is 13.5 Å². The minimum absolute atomic E-state index is 0.0659. The number of furan rings is 1. The lowest BCUT2D eigenvalue weighted by Gasteiger charge is -2.00. The summed E-state index contributed by atoms with van der Waals surface area (Å²) < 4.78 is 10.6. The van der Waals surface area contributed by atoms with Crippen LogP contribution >= 0.6 is 0 Å². The molecule has 0 bridgehead atoms. The monoisotopic (exact) mass is 205 g/mol. The molecule has 0 radical (unpaired) electrons. The van der Waals surface area contributed by atoms with E-state index in [1.165, 1.54) is 0 Å². The van der Waals surface area contributed by atoms with Gasteiger partial charge in [0, 0.05) is 5.39 Å². The maximum absolute atomic E-state index is 10.1. The first-order valence-corrected chi connectivity index (χ1v) is 4.61. The highest BCUT2D eigenvalue weighted by atomic mass is 16.5. The summed E-state index contributed by atoms with van der Waals surface area (Å²) >= 11 is 0. The predicted molar refractivity (Wildman–Crippen MR) is 57.0 cm³/mol. The Morgan fingerprint density at radius 3 is 2.87 bits per heavy atom. The molecule has 78 valence electrons. The van der Waals surface area contributed by atoms with Gasteiger partial charge in [0.2, 0.25) is 0 Å². The number of benzene rings is 1. The Labute approximate surface area is 86.8 Å². The molecule has 1 heterocycles. The molecule has 0 N–H and O–H groups in total. The third-order valence-electron chi connectivity index (χ3n) is 2.28. The first kappa shape index (κ1) is 9.71. The Balaban J connectivity index is 2.59. The van der Waals surface area contributed by atoms with Crippen LogP contribution in [0.1, 0.15) is 11.3 Å². The van der Waals surface area contributed by atoms with Crippen LogP contribution in [0.15, 0.2) is 27.8 Å². The van der Waals surface area contributed by atoms with Gasteiger partial charge in [-0.05, 0) is 30.7 Å². The number of nitrogens with zero attached hydrogens (tertiary/aromatic N) is 1. The zero-order valence-electron chi connectivity index (χ0n) is 8.61. The molecule has 0 atom stereocenters. The molecular weight excluding hydrogens is 194 g/mol. The van der Waals surface area contributed by atoms with Gasteiger partial charge in [-0.3, -0.25) is 0 Å². The normalized spacial score (nSPS) is 10.5. The largest absolute Gasteiger partial charge is 0.497 e. The zero-order valence-corrected chi connectivity index (χ0v) is 8.61. The highest BCUT2D eigenvalue weighted by molar-refractivity contribution is 5.82. The van der Waals surface area contributed by atoms with Crippen molar-refractivity contribution >= 4 is 11.0 Å². The topological polar surface area (TPSA) is 51.8 Å². The van der Waals surface area contributed by atoms with Gasteiger partial charge in [0.25, 0.3) is 0 Å². The summed E-state index contributed by atoms with van der Waals surface area (Å²) in [4.78, 5) is 10.1. The first-order chi connectivity index (χ1) is 7.24. The first-order valence-electron chi connectivity index (χ1n) is 4.61. The van der Waals surface area contributed by atoms with E-state index in [0.29, 0.717) is 5.76 Å². The van der Waals surface area contributed by atoms with Crippen molar-refractivity contribution in [3.63, 3.8) is 0 Å². The maximum atomic E-state index is 10.1. The van der Waals surface area contributed by atoms with Gasteiger partial charge in [0.15, 0.2) is 0 Å². The van der Waals surface area contributed by atoms with Crippen LogP contribution in [0, 0.1) is 11.8 Å². The van der Waals surface area contributed by atoms with Crippen LogP contribution in [0.3, 0.4) is 0 Å². The molecule has 0 saturated heterocycles. The fourth-order valence-electron chi connectivity index (χ4n) is 1.61. The third-order valence-corrected chi connectivity index (χ3v) is 2.28. The van der Waals surface area contributed by atoms with E-state index in [4.69, 9.17) is 9.15 Å². The van der Waals surface area contributed by atoms with Gasteiger partial charge in [-0.25, -0.2) is 0 Å². The molecular formula is C11H11NO3. The number of nitroso groups, excluding NO2 is 1. The highest BCUT2D eigenvalue weighted by Crippen LogP contribution is 2.28. The second kappa shape index (κ2) is 3.73. The van der Waals surface area contributed by atoms with Gasteiger partial charge in [0.1, 0.15) is 23.6 Å². The fraction of sp³-hybridized carbons (Fsp3) is 0.273. The van der Waals surface area contributed by atoms with Crippen LogP contribution in [0.5, 0.6) is 5.75 Å². The number of hydrogen-bond donors (Lipinski definition) is 0. The molecule has 0 unspecified atom stereocenters. The van der Waals surface area contributed by atoms with Crippen molar-refractivity contribution in [1.29, 1.82) is 0 Å². The van der Waals surface area contributed by atoms with Crippen LogP contribution in [-0.2, 0) is 6.54 Å². The fourth-order valence-corrected chi connectivity index (χ4v) is 1.61. The molecule has 0 aliphatic heterocycles. The van der Waals surface area contributed by atoms with Crippen molar-refractivity contribution < 1.29 is 9.15 Å². The van der Waals surface area contributed by atoms with Gasteiger partial charge in [-0.2, -0.15) is 4.91 Å². The molecule has 2 aromatic rings. The Morgan fingerprint density at radius 2 is 2.20 bits per heavy atom. The lowest BCUT2D eigenvalue weighted by Crippen LogP contribution is -1.83. The second-order valence-electron chi connectivity index (χ2n) is 3.36. The molecule has 0 aliphatic carbocycles. The number of ether oxygens (including phenoxy) is 1. The predicted octanol–water partition coefficient (Wildman–Crippen LogP) is 3.02. The summed E-state index contributed by atoms with van der Waals surface area (Å²) in [7, 11) is 1.62. The molecule has 0 saturated carbocycles. The van der Waals surface area contributed by atoms with Gasteiger partial charge >= 0.3 is 0 Å². The number of methoxy groups -OCH3 is 1. The third kappa shape index (κ3) is 1.70. The van der Waals surface area contributed by atoms with Crippen LogP contribution in [0.2, 0.25) is 0 Å². The highest BCUT2D eigenvalue weighted by Gasteiger charge is 2.08. The quantitative estimate of drug-likeness (QED) is 0.723. The summed E-state index contributed by atoms with van der Waals surface area (Å²) in [5.74, 6) is 1.36. The van der Waals surface area contributed by atoms with Gasteiger partial charge < -0.3 is 9.15 Å². The average molecular weight is 205 g/mol. The van der Waals surface area contributed by atoms with E-state index in [1.807, 2.05) is 25.1 Å². The van der Waals surface area contributed by atoms with E-state index < -0.39 is 0 Å². The Morgan fingerprint density at radius 1 is 1.40 bits per heavy atom. The maximum Gasteiger partial charge on any atom is 0.139 e. The number of fused-ring (bicyclic) bond motifs is 1. The van der Waals surface area contributed by atoms with Gasteiger partial charge in [0.05, 0.1) is 7.11 Å². The lowest BCUT2D eigenvalue weighted by atomic mass is 10.1. The van der Waals surface area contributed by atoms with Crippen molar-refractivity contribution in [2.24, 2.45) is 5.18 Å². The summed E-state index contributed by atoms with van der Waals surface area (Å²) in [6.07, 6.45) is 0. The van der Waals surface area contributed by atoms with E-state index in [-0.39, 0.29) is 6.54 Å². The van der Waals surface area contributed by atoms with E-state index in [9.17, 15) is 4.91 Å². The molecule has 0 spiro atoms. The minimum atomic E-state index is 0.0659. The molecule has 0 amide bonds. The van der Waals surface area contributed by atoms with Gasteiger partial charge in [-0.15, -0.1) is 0 Å². The van der Waals surface area contributed by atoms with Crippen LogP contribution < -0.4 is 4.74 Å². The van der Waals surface area contributed by atoms with Crippen molar-refractivity contribution in [1.82, 2.24) is 0 Å². The molecule has 15 heavy (non-hydrogen) atoms. The Hall–Kier alpha value is -1.84. The molecule has 1 aromatic carbocycles. The van der Waals surface area contributed by atoms with Crippen LogP contribution in [0.25, 0.3) is 11.0 Å². The second-order valence-corrected chi connectivity index (χ2v) is 3.36. The number of aryl methyl sites for hydroxylation is 1. The number of hydrogen-bond acceptors (Lipinski definition) is 4. The van der Waals surface area contributed by atoms with E-state index in [1.54, 1.807) is 7.11 Å². The number of rotatable bonds is 3. The van der Waals surface area contributed by atoms with Gasteiger partial charge in [-0.1, -0.05) is 5.18 Å². The van der Waals surface area contributed by atoms with E-state index >= 15 is 0 Å². The SMILES string of the molecule is COc1cc(C)c2oc(CN=O)cc2c1. The Kier molecular flexibility index (Phi) is 2.41.